The highest BCUT2D eigenvalue weighted by Crippen LogP contribution is 2.21. The summed E-state index contributed by atoms with van der Waals surface area (Å²) in [4.78, 5) is 11.3. The van der Waals surface area contributed by atoms with Crippen LogP contribution in [0.4, 0.5) is 4.39 Å². The van der Waals surface area contributed by atoms with Gasteiger partial charge in [-0.25, -0.2) is 4.39 Å². The Hall–Kier alpha value is -1.42. The van der Waals surface area contributed by atoms with Crippen LogP contribution in [-0.2, 0) is 0 Å². The van der Waals surface area contributed by atoms with Crippen molar-refractivity contribution >= 4 is 5.78 Å². The zero-order valence-electron chi connectivity index (χ0n) is 7.88. The van der Waals surface area contributed by atoms with Gasteiger partial charge in [0, 0.05) is 12.0 Å². The molecule has 1 rings (SSSR count). The molecule has 0 aromatic heterocycles. The summed E-state index contributed by atoms with van der Waals surface area (Å²) in [6, 6.07) is 2.54. The van der Waals surface area contributed by atoms with Crippen LogP contribution < -0.4 is 5.73 Å². The molecule has 4 heteroatoms. The first-order chi connectivity index (χ1) is 6.56. The first kappa shape index (κ1) is 10.7. The molecule has 0 unspecified atom stereocenters. The molecule has 3 nitrogen and oxygen atoms in total. The lowest BCUT2D eigenvalue weighted by Crippen LogP contribution is -2.08. The Morgan fingerprint density at radius 3 is 2.71 bits per heavy atom. The molecule has 0 bridgehead atoms. The van der Waals surface area contributed by atoms with Crippen molar-refractivity contribution in [3.05, 3.63) is 29.1 Å². The summed E-state index contributed by atoms with van der Waals surface area (Å²) in [6.07, 6.45) is 0.199. The fraction of sp³-hybridized carbons (Fsp3) is 0.300. The van der Waals surface area contributed by atoms with Crippen LogP contribution in [0.5, 0.6) is 5.75 Å². The Bertz CT molecular complexity index is 340. The Morgan fingerprint density at radius 1 is 1.57 bits per heavy atom. The zero-order valence-corrected chi connectivity index (χ0v) is 7.88. The second-order valence-electron chi connectivity index (χ2n) is 3.09. The van der Waals surface area contributed by atoms with E-state index in [1.165, 1.54) is 13.0 Å². The molecule has 1 aromatic rings. The van der Waals surface area contributed by atoms with Crippen molar-refractivity contribution in [1.82, 2.24) is 0 Å². The number of carbonyl (C=O) groups is 1. The molecular formula is C10H12FNO2. The van der Waals surface area contributed by atoms with Gasteiger partial charge in [-0.05, 0) is 31.2 Å². The number of phenolic OH excluding ortho intramolecular Hbond substituents is 1. The van der Waals surface area contributed by atoms with E-state index in [0.29, 0.717) is 5.56 Å². The highest BCUT2D eigenvalue weighted by atomic mass is 19.1. The number of nitrogens with two attached hydrogens (primary N) is 1. The maximum absolute atomic E-state index is 13.0. The number of hydrogen-bond donors (Lipinski definition) is 2. The number of halogens is 1. The van der Waals surface area contributed by atoms with Gasteiger partial charge in [0.1, 0.15) is 0 Å². The average Bonchev–Trinajstić information content (AvgIpc) is 2.13. The minimum absolute atomic E-state index is 0.189. The molecule has 0 saturated heterocycles. The van der Waals surface area contributed by atoms with Gasteiger partial charge < -0.3 is 10.8 Å². The summed E-state index contributed by atoms with van der Waals surface area (Å²) in [7, 11) is 0. The molecule has 3 N–H and O–H groups in total. The van der Waals surface area contributed by atoms with E-state index in [1.807, 2.05) is 0 Å². The lowest BCUT2D eigenvalue weighted by Gasteiger charge is -2.04. The van der Waals surface area contributed by atoms with Crippen LogP contribution in [0.2, 0.25) is 0 Å². The highest BCUT2D eigenvalue weighted by molar-refractivity contribution is 5.96. The van der Waals surface area contributed by atoms with Gasteiger partial charge in [0.2, 0.25) is 0 Å². The number of Topliss-reactive ketones (excluding diaryl/α,β-unsaturated/α-hetero) is 1. The van der Waals surface area contributed by atoms with Gasteiger partial charge in [0.05, 0.1) is 0 Å². The second-order valence-corrected chi connectivity index (χ2v) is 3.09. The second kappa shape index (κ2) is 4.19. The van der Waals surface area contributed by atoms with Crippen LogP contribution in [0.1, 0.15) is 22.3 Å². The molecule has 0 aliphatic carbocycles. The molecule has 0 aliphatic heterocycles. The summed E-state index contributed by atoms with van der Waals surface area (Å²) in [5.74, 6) is -1.37. The molecule has 0 fully saturated rings. The molecule has 0 radical (unpaired) electrons. The van der Waals surface area contributed by atoms with Crippen LogP contribution >= 0.6 is 0 Å². The number of carbonyl (C=O) groups excluding carboxylic acids is 1. The third kappa shape index (κ3) is 2.09. The van der Waals surface area contributed by atoms with Gasteiger partial charge in [-0.2, -0.15) is 0 Å². The van der Waals surface area contributed by atoms with Gasteiger partial charge >= 0.3 is 0 Å². The molecule has 0 heterocycles. The SMILES string of the molecule is Cc1cc(C(=O)CCN)cc(O)c1F. The number of aryl methyl sites for hydroxylation is 1. The van der Waals surface area contributed by atoms with Crippen LogP contribution in [0.3, 0.4) is 0 Å². The predicted octanol–water partition coefficient (Wildman–Crippen LogP) is 1.37. The van der Waals surface area contributed by atoms with Crippen LogP contribution in [0.25, 0.3) is 0 Å². The predicted molar refractivity (Wildman–Crippen MR) is 50.8 cm³/mol. The Kier molecular flexibility index (Phi) is 3.19. The minimum atomic E-state index is -0.686. The maximum Gasteiger partial charge on any atom is 0.167 e. The van der Waals surface area contributed by atoms with E-state index in [4.69, 9.17) is 10.8 Å². The van der Waals surface area contributed by atoms with Gasteiger partial charge in [-0.3, -0.25) is 4.79 Å². The lowest BCUT2D eigenvalue weighted by molar-refractivity contribution is 0.0985. The monoisotopic (exact) mass is 197 g/mol. The van der Waals surface area contributed by atoms with Gasteiger partial charge in [-0.15, -0.1) is 0 Å². The van der Waals surface area contributed by atoms with E-state index in [2.05, 4.69) is 0 Å². The van der Waals surface area contributed by atoms with E-state index >= 15 is 0 Å². The van der Waals surface area contributed by atoms with Crippen LogP contribution in [0, 0.1) is 12.7 Å². The molecule has 14 heavy (non-hydrogen) atoms. The summed E-state index contributed by atoms with van der Waals surface area (Å²) in [5.41, 5.74) is 5.77. The van der Waals surface area contributed by atoms with Crippen molar-refractivity contribution in [2.45, 2.75) is 13.3 Å². The van der Waals surface area contributed by atoms with E-state index in [-0.39, 0.29) is 24.3 Å². The van der Waals surface area contributed by atoms with Crippen LogP contribution in [0.15, 0.2) is 12.1 Å². The van der Waals surface area contributed by atoms with Gasteiger partial charge in [0.15, 0.2) is 17.3 Å². The fourth-order valence-electron chi connectivity index (χ4n) is 1.19. The highest BCUT2D eigenvalue weighted by Gasteiger charge is 2.11. The molecule has 1 aromatic carbocycles. The van der Waals surface area contributed by atoms with E-state index in [0.717, 1.165) is 6.07 Å². The minimum Gasteiger partial charge on any atom is -0.505 e. The van der Waals surface area contributed by atoms with Gasteiger partial charge in [-0.1, -0.05) is 0 Å². The quantitative estimate of drug-likeness (QED) is 0.719. The number of phenols is 1. The Morgan fingerprint density at radius 2 is 2.21 bits per heavy atom. The standard InChI is InChI=1S/C10H12FNO2/c1-6-4-7(8(13)2-3-12)5-9(14)10(6)11/h4-5,14H,2-3,12H2,1H3. The molecule has 0 amide bonds. The zero-order chi connectivity index (χ0) is 10.7. The maximum atomic E-state index is 13.0. The topological polar surface area (TPSA) is 63.3 Å². The summed E-state index contributed by atoms with van der Waals surface area (Å²) < 4.78 is 13.0. The first-order valence-electron chi connectivity index (χ1n) is 4.28. The number of hydrogen-bond acceptors (Lipinski definition) is 3. The largest absolute Gasteiger partial charge is 0.505 e. The molecule has 76 valence electrons. The molecule has 0 atom stereocenters. The normalized spacial score (nSPS) is 10.2. The lowest BCUT2D eigenvalue weighted by atomic mass is 10.0. The van der Waals surface area contributed by atoms with E-state index in [1.54, 1.807) is 0 Å². The van der Waals surface area contributed by atoms with Crippen molar-refractivity contribution in [1.29, 1.82) is 0 Å². The number of ketones is 1. The molecule has 0 spiro atoms. The molecular weight excluding hydrogens is 185 g/mol. The van der Waals surface area contributed by atoms with Crippen LogP contribution in [-0.4, -0.2) is 17.4 Å². The average molecular weight is 197 g/mol. The number of benzene rings is 1. The summed E-state index contributed by atoms with van der Waals surface area (Å²) in [6.45, 7) is 1.74. The van der Waals surface area contributed by atoms with Crippen molar-refractivity contribution < 1.29 is 14.3 Å². The Labute approximate surface area is 81.4 Å². The van der Waals surface area contributed by atoms with Crippen molar-refractivity contribution in [2.75, 3.05) is 6.54 Å². The van der Waals surface area contributed by atoms with E-state index < -0.39 is 11.6 Å². The van der Waals surface area contributed by atoms with E-state index in [9.17, 15) is 9.18 Å². The van der Waals surface area contributed by atoms with Crippen molar-refractivity contribution in [3.8, 4) is 5.75 Å². The summed E-state index contributed by atoms with van der Waals surface area (Å²) in [5, 5.41) is 9.14. The first-order valence-corrected chi connectivity index (χ1v) is 4.28. The third-order valence-electron chi connectivity index (χ3n) is 1.93. The number of aromatic hydroxyl groups is 1. The number of rotatable bonds is 3. The summed E-state index contributed by atoms with van der Waals surface area (Å²) >= 11 is 0. The van der Waals surface area contributed by atoms with Gasteiger partial charge in [0.25, 0.3) is 0 Å². The Balaban J connectivity index is 3.06. The van der Waals surface area contributed by atoms with Crippen molar-refractivity contribution in [2.24, 2.45) is 5.73 Å². The molecule has 0 saturated carbocycles. The fourth-order valence-corrected chi connectivity index (χ4v) is 1.19. The van der Waals surface area contributed by atoms with Crippen molar-refractivity contribution in [3.63, 3.8) is 0 Å². The smallest absolute Gasteiger partial charge is 0.167 e. The molecule has 0 aliphatic rings. The third-order valence-corrected chi connectivity index (χ3v) is 1.93.